The second-order valence-electron chi connectivity index (χ2n) is 4.58. The summed E-state index contributed by atoms with van der Waals surface area (Å²) in [6, 6.07) is 1.45. The molecule has 11 heteroatoms. The zero-order valence-electron chi connectivity index (χ0n) is 12.5. The minimum atomic E-state index is -5.00. The van der Waals surface area contributed by atoms with Crippen molar-refractivity contribution in [3.8, 4) is 11.5 Å². The first-order valence-corrected chi connectivity index (χ1v) is 6.45. The van der Waals surface area contributed by atoms with E-state index in [1.807, 2.05) is 0 Å². The summed E-state index contributed by atoms with van der Waals surface area (Å²) in [5, 5.41) is 20.0. The second-order valence-corrected chi connectivity index (χ2v) is 4.58. The van der Waals surface area contributed by atoms with Crippen molar-refractivity contribution in [3.63, 3.8) is 0 Å². The number of alkyl halides is 3. The Labute approximate surface area is 134 Å². The molecule has 4 N–H and O–H groups in total. The third kappa shape index (κ3) is 5.28. The van der Waals surface area contributed by atoms with E-state index < -0.39 is 36.1 Å². The molecule has 1 rings (SSSR count). The Bertz CT molecular complexity index is 606. The zero-order chi connectivity index (χ0) is 18.5. The van der Waals surface area contributed by atoms with Gasteiger partial charge in [-0.25, -0.2) is 5.48 Å². The van der Waals surface area contributed by atoms with Crippen molar-refractivity contribution in [1.82, 2.24) is 10.8 Å². The van der Waals surface area contributed by atoms with Crippen LogP contribution in [0.4, 0.5) is 13.2 Å². The minimum absolute atomic E-state index is 0.260. The summed E-state index contributed by atoms with van der Waals surface area (Å²) in [4.78, 5) is 23.4. The van der Waals surface area contributed by atoms with E-state index in [1.165, 1.54) is 12.4 Å². The van der Waals surface area contributed by atoms with Crippen LogP contribution >= 0.6 is 0 Å². The summed E-state index contributed by atoms with van der Waals surface area (Å²) in [6.07, 6.45) is -6.37. The van der Waals surface area contributed by atoms with E-state index >= 15 is 0 Å². The van der Waals surface area contributed by atoms with E-state index in [9.17, 15) is 27.9 Å². The van der Waals surface area contributed by atoms with Crippen LogP contribution in [0.25, 0.3) is 0 Å². The Kier molecular flexibility index (Phi) is 6.37. The number of amides is 2. The van der Waals surface area contributed by atoms with Crippen LogP contribution in [0, 0.1) is 0 Å². The summed E-state index contributed by atoms with van der Waals surface area (Å²) in [6.45, 7) is 1.17. The number of aliphatic hydroxyl groups excluding tert-OH is 1. The number of methoxy groups -OCH3 is 1. The minimum Gasteiger partial charge on any atom is -0.493 e. The number of rotatable bonds is 6. The molecule has 1 aromatic carbocycles. The number of nitrogens with one attached hydrogen (secondary N) is 2. The fraction of sp³-hybridized carbons (Fsp3) is 0.385. The molecule has 0 aliphatic heterocycles. The number of halogens is 3. The summed E-state index contributed by atoms with van der Waals surface area (Å²) < 4.78 is 45.6. The first-order chi connectivity index (χ1) is 11.1. The van der Waals surface area contributed by atoms with Crippen LogP contribution in [0.3, 0.4) is 0 Å². The molecule has 2 amide bonds. The van der Waals surface area contributed by atoms with Crippen molar-refractivity contribution in [1.29, 1.82) is 0 Å². The molecule has 0 aliphatic carbocycles. The number of carbonyl (C=O) groups is 2. The Morgan fingerprint density at radius 3 is 2.33 bits per heavy atom. The van der Waals surface area contributed by atoms with E-state index in [-0.39, 0.29) is 11.3 Å². The quantitative estimate of drug-likeness (QED) is 0.439. The molecule has 1 aromatic rings. The van der Waals surface area contributed by atoms with Crippen molar-refractivity contribution in [2.75, 3.05) is 7.11 Å². The van der Waals surface area contributed by atoms with E-state index in [2.05, 4.69) is 10.1 Å². The largest absolute Gasteiger partial charge is 0.573 e. The summed E-state index contributed by atoms with van der Waals surface area (Å²) in [5.74, 6) is -3.08. The lowest BCUT2D eigenvalue weighted by atomic mass is 10.1. The molecule has 134 valence electrons. The van der Waals surface area contributed by atoms with Crippen molar-refractivity contribution in [3.05, 3.63) is 23.8 Å². The molecule has 0 aliphatic rings. The third-order valence-electron chi connectivity index (χ3n) is 2.81. The normalized spacial score (nSPS) is 13.6. The van der Waals surface area contributed by atoms with Crippen LogP contribution in [0.1, 0.15) is 17.3 Å². The van der Waals surface area contributed by atoms with Crippen molar-refractivity contribution in [2.24, 2.45) is 0 Å². The standard InChI is InChI=1S/C13H15F3N2O6/c1-6(19)10(12(21)18-22)17-11(20)7-3-4-8(23-2)9(5-7)24-13(14,15)16/h3-6,10,19,22H,1-2H3,(H,17,20)(H,18,21)/t6-,10+/m1/s1. The highest BCUT2D eigenvalue weighted by molar-refractivity contribution is 5.98. The Hall–Kier alpha value is -2.53. The molecular weight excluding hydrogens is 337 g/mol. The van der Waals surface area contributed by atoms with E-state index in [0.29, 0.717) is 0 Å². The average Bonchev–Trinajstić information content (AvgIpc) is 2.49. The fourth-order valence-corrected chi connectivity index (χ4v) is 1.72. The van der Waals surface area contributed by atoms with E-state index in [1.54, 1.807) is 0 Å². The van der Waals surface area contributed by atoms with Gasteiger partial charge in [0, 0.05) is 5.56 Å². The predicted octanol–water partition coefficient (Wildman–Crippen LogP) is 0.578. The van der Waals surface area contributed by atoms with Gasteiger partial charge in [-0.15, -0.1) is 13.2 Å². The molecular formula is C13H15F3N2O6. The average molecular weight is 352 g/mol. The van der Waals surface area contributed by atoms with Crippen LogP contribution in [-0.2, 0) is 4.79 Å². The molecule has 0 saturated heterocycles. The topological polar surface area (TPSA) is 117 Å². The van der Waals surface area contributed by atoms with Crippen molar-refractivity contribution in [2.45, 2.75) is 25.4 Å². The number of carbonyl (C=O) groups excluding carboxylic acids is 2. The third-order valence-corrected chi connectivity index (χ3v) is 2.81. The maximum atomic E-state index is 12.4. The second kappa shape index (κ2) is 7.84. The molecule has 24 heavy (non-hydrogen) atoms. The highest BCUT2D eigenvalue weighted by atomic mass is 19.4. The molecule has 0 radical (unpaired) electrons. The van der Waals surface area contributed by atoms with Gasteiger partial charge in [0.25, 0.3) is 11.8 Å². The van der Waals surface area contributed by atoms with Crippen LogP contribution in [-0.4, -0.2) is 47.7 Å². The van der Waals surface area contributed by atoms with Gasteiger partial charge in [0.15, 0.2) is 11.5 Å². The predicted molar refractivity (Wildman–Crippen MR) is 72.5 cm³/mol. The van der Waals surface area contributed by atoms with Crippen molar-refractivity contribution < 1.29 is 42.5 Å². The molecule has 0 fully saturated rings. The highest BCUT2D eigenvalue weighted by Crippen LogP contribution is 2.32. The van der Waals surface area contributed by atoms with Gasteiger partial charge in [0.1, 0.15) is 6.04 Å². The molecule has 0 aromatic heterocycles. The van der Waals surface area contributed by atoms with Crippen LogP contribution in [0.15, 0.2) is 18.2 Å². The Morgan fingerprint density at radius 1 is 1.25 bits per heavy atom. The van der Waals surface area contributed by atoms with Crippen LogP contribution in [0.2, 0.25) is 0 Å². The van der Waals surface area contributed by atoms with Gasteiger partial charge in [-0.2, -0.15) is 0 Å². The summed E-state index contributed by atoms with van der Waals surface area (Å²) in [5.41, 5.74) is 0.971. The number of hydrogen-bond acceptors (Lipinski definition) is 6. The molecule has 8 nitrogen and oxygen atoms in total. The maximum Gasteiger partial charge on any atom is 0.573 e. The van der Waals surface area contributed by atoms with Gasteiger partial charge in [-0.1, -0.05) is 0 Å². The number of hydrogen-bond donors (Lipinski definition) is 4. The maximum absolute atomic E-state index is 12.4. The molecule has 0 unspecified atom stereocenters. The van der Waals surface area contributed by atoms with Crippen LogP contribution in [0.5, 0.6) is 11.5 Å². The molecule has 0 spiro atoms. The summed E-state index contributed by atoms with van der Waals surface area (Å²) in [7, 11) is 1.12. The fourth-order valence-electron chi connectivity index (χ4n) is 1.72. The number of benzene rings is 1. The van der Waals surface area contributed by atoms with Gasteiger partial charge >= 0.3 is 6.36 Å². The SMILES string of the molecule is COc1ccc(C(=O)N[C@H](C(=O)NO)[C@@H](C)O)cc1OC(F)(F)F. The Balaban J connectivity index is 3.06. The summed E-state index contributed by atoms with van der Waals surface area (Å²) >= 11 is 0. The molecule has 2 atom stereocenters. The number of hydroxylamine groups is 1. The number of aliphatic hydroxyl groups is 1. The lowest BCUT2D eigenvalue weighted by Gasteiger charge is -2.19. The van der Waals surface area contributed by atoms with Crippen LogP contribution < -0.4 is 20.3 Å². The van der Waals surface area contributed by atoms with E-state index in [0.717, 1.165) is 25.3 Å². The van der Waals surface area contributed by atoms with Gasteiger partial charge < -0.3 is 19.9 Å². The monoisotopic (exact) mass is 352 g/mol. The zero-order valence-corrected chi connectivity index (χ0v) is 12.5. The number of ether oxygens (including phenoxy) is 2. The van der Waals surface area contributed by atoms with Crippen molar-refractivity contribution >= 4 is 11.8 Å². The van der Waals surface area contributed by atoms with Gasteiger partial charge in [-0.3, -0.25) is 14.8 Å². The smallest absolute Gasteiger partial charge is 0.493 e. The van der Waals surface area contributed by atoms with Gasteiger partial charge in [-0.05, 0) is 25.1 Å². The molecule has 0 saturated carbocycles. The lowest BCUT2D eigenvalue weighted by molar-refractivity contribution is -0.275. The molecule has 0 bridgehead atoms. The molecule has 0 heterocycles. The Morgan fingerprint density at radius 2 is 1.88 bits per heavy atom. The highest BCUT2D eigenvalue weighted by Gasteiger charge is 2.33. The lowest BCUT2D eigenvalue weighted by Crippen LogP contribution is -2.51. The van der Waals surface area contributed by atoms with Gasteiger partial charge in [0.2, 0.25) is 0 Å². The van der Waals surface area contributed by atoms with E-state index in [4.69, 9.17) is 9.94 Å². The van der Waals surface area contributed by atoms with Gasteiger partial charge in [0.05, 0.1) is 13.2 Å². The first kappa shape index (κ1) is 19.5. The first-order valence-electron chi connectivity index (χ1n) is 6.45.